The first-order valence-corrected chi connectivity index (χ1v) is 6.84. The van der Waals surface area contributed by atoms with Crippen molar-refractivity contribution in [2.45, 2.75) is 33.4 Å². The van der Waals surface area contributed by atoms with E-state index in [9.17, 15) is 0 Å². The van der Waals surface area contributed by atoms with Gasteiger partial charge in [-0.2, -0.15) is 11.3 Å². The van der Waals surface area contributed by atoms with Crippen molar-refractivity contribution in [3.63, 3.8) is 0 Å². The van der Waals surface area contributed by atoms with E-state index in [0.717, 1.165) is 31.0 Å². The lowest BCUT2D eigenvalue weighted by Crippen LogP contribution is -2.11. The van der Waals surface area contributed by atoms with Crippen molar-refractivity contribution >= 4 is 11.3 Å². The Morgan fingerprint density at radius 3 is 3.00 bits per heavy atom. The smallest absolute Gasteiger partial charge is 0.150 e. The molecule has 0 aliphatic rings. The Hall–Kier alpha value is -1.13. The van der Waals surface area contributed by atoms with Crippen LogP contribution in [0.1, 0.15) is 30.9 Å². The number of hydrogen-bond acceptors (Lipinski definition) is 4. The summed E-state index contributed by atoms with van der Waals surface area (Å²) in [5.74, 6) is 1.53. The van der Waals surface area contributed by atoms with Crippen LogP contribution in [0.4, 0.5) is 0 Å². The minimum absolute atomic E-state index is 0.617. The molecule has 4 heteroatoms. The van der Waals surface area contributed by atoms with Crippen LogP contribution in [0.25, 0.3) is 0 Å². The van der Waals surface area contributed by atoms with E-state index in [-0.39, 0.29) is 0 Å². The quantitative estimate of drug-likeness (QED) is 0.855. The van der Waals surface area contributed by atoms with E-state index in [2.05, 4.69) is 41.1 Å². The largest absolute Gasteiger partial charge is 0.360 e. The fourth-order valence-electron chi connectivity index (χ4n) is 1.68. The van der Waals surface area contributed by atoms with E-state index >= 15 is 0 Å². The Kier molecular flexibility index (Phi) is 4.34. The molecule has 17 heavy (non-hydrogen) atoms. The molecule has 2 aromatic rings. The van der Waals surface area contributed by atoms with Crippen LogP contribution in [0.15, 0.2) is 27.4 Å². The van der Waals surface area contributed by atoms with Crippen LogP contribution in [-0.4, -0.2) is 5.16 Å². The number of hydrogen-bond donors (Lipinski definition) is 1. The molecule has 0 aliphatic carbocycles. The SMILES string of the molecule is CC(C)Cc1cc(CNCc2ccsc2)on1. The number of rotatable bonds is 6. The molecule has 2 rings (SSSR count). The predicted molar refractivity (Wildman–Crippen MR) is 69.9 cm³/mol. The highest BCUT2D eigenvalue weighted by Gasteiger charge is 2.05. The Balaban J connectivity index is 1.77. The fraction of sp³-hybridized carbons (Fsp3) is 0.462. The Morgan fingerprint density at radius 2 is 2.29 bits per heavy atom. The third-order valence-electron chi connectivity index (χ3n) is 2.43. The van der Waals surface area contributed by atoms with Gasteiger partial charge >= 0.3 is 0 Å². The van der Waals surface area contributed by atoms with Gasteiger partial charge < -0.3 is 9.84 Å². The van der Waals surface area contributed by atoms with Gasteiger partial charge in [-0.25, -0.2) is 0 Å². The number of thiophene rings is 1. The lowest BCUT2D eigenvalue weighted by molar-refractivity contribution is 0.365. The molecule has 0 amide bonds. The standard InChI is InChI=1S/C13H18N2OS/c1-10(2)5-12-6-13(16-15-12)8-14-7-11-3-4-17-9-11/h3-4,6,9-10,14H,5,7-8H2,1-2H3. The molecular weight excluding hydrogens is 232 g/mol. The molecule has 0 unspecified atom stereocenters. The first kappa shape index (κ1) is 12.3. The topological polar surface area (TPSA) is 38.1 Å². The van der Waals surface area contributed by atoms with Crippen LogP contribution in [-0.2, 0) is 19.5 Å². The van der Waals surface area contributed by atoms with E-state index in [1.54, 1.807) is 11.3 Å². The van der Waals surface area contributed by atoms with Crippen molar-refractivity contribution in [2.24, 2.45) is 5.92 Å². The van der Waals surface area contributed by atoms with Crippen LogP contribution >= 0.6 is 11.3 Å². The molecule has 0 saturated heterocycles. The van der Waals surface area contributed by atoms with Gasteiger partial charge in [0.25, 0.3) is 0 Å². The molecule has 0 atom stereocenters. The average molecular weight is 250 g/mol. The van der Waals surface area contributed by atoms with E-state index in [1.165, 1.54) is 5.56 Å². The second-order valence-electron chi connectivity index (χ2n) is 4.62. The Bertz CT molecular complexity index is 434. The Morgan fingerprint density at radius 1 is 1.41 bits per heavy atom. The molecule has 0 saturated carbocycles. The van der Waals surface area contributed by atoms with Gasteiger partial charge in [0.05, 0.1) is 12.2 Å². The summed E-state index contributed by atoms with van der Waals surface area (Å²) >= 11 is 1.72. The van der Waals surface area contributed by atoms with Gasteiger partial charge in [0.15, 0.2) is 5.76 Å². The fourth-order valence-corrected chi connectivity index (χ4v) is 2.35. The number of aromatic nitrogens is 1. The second-order valence-corrected chi connectivity index (χ2v) is 5.40. The molecule has 0 aromatic carbocycles. The molecule has 0 aliphatic heterocycles. The molecule has 2 heterocycles. The van der Waals surface area contributed by atoms with Crippen molar-refractivity contribution in [1.82, 2.24) is 10.5 Å². The number of nitrogens with zero attached hydrogens (tertiary/aromatic N) is 1. The third kappa shape index (κ3) is 3.98. The molecule has 1 N–H and O–H groups in total. The van der Waals surface area contributed by atoms with Gasteiger partial charge in [0.1, 0.15) is 0 Å². The number of nitrogens with one attached hydrogen (secondary N) is 1. The molecule has 0 spiro atoms. The maximum atomic E-state index is 5.28. The molecule has 0 bridgehead atoms. The summed E-state index contributed by atoms with van der Waals surface area (Å²) in [5, 5.41) is 11.6. The minimum Gasteiger partial charge on any atom is -0.360 e. The molecule has 3 nitrogen and oxygen atoms in total. The molecule has 0 radical (unpaired) electrons. The summed E-state index contributed by atoms with van der Waals surface area (Å²) in [6, 6.07) is 4.17. The van der Waals surface area contributed by atoms with Crippen molar-refractivity contribution < 1.29 is 4.52 Å². The first-order valence-electron chi connectivity index (χ1n) is 5.90. The summed E-state index contributed by atoms with van der Waals surface area (Å²) in [7, 11) is 0. The lowest BCUT2D eigenvalue weighted by Gasteiger charge is -1.99. The summed E-state index contributed by atoms with van der Waals surface area (Å²) < 4.78 is 5.28. The van der Waals surface area contributed by atoms with Gasteiger partial charge in [-0.3, -0.25) is 0 Å². The van der Waals surface area contributed by atoms with Gasteiger partial charge in [-0.05, 0) is 34.7 Å². The zero-order chi connectivity index (χ0) is 12.1. The van der Waals surface area contributed by atoms with Crippen molar-refractivity contribution in [3.05, 3.63) is 39.9 Å². The van der Waals surface area contributed by atoms with Crippen molar-refractivity contribution in [2.75, 3.05) is 0 Å². The van der Waals surface area contributed by atoms with Crippen molar-refractivity contribution in [3.8, 4) is 0 Å². The molecule has 0 fully saturated rings. The van der Waals surface area contributed by atoms with Crippen LogP contribution in [0.2, 0.25) is 0 Å². The third-order valence-corrected chi connectivity index (χ3v) is 3.17. The van der Waals surface area contributed by atoms with Gasteiger partial charge in [0, 0.05) is 12.6 Å². The highest BCUT2D eigenvalue weighted by Crippen LogP contribution is 2.10. The summed E-state index contributed by atoms with van der Waals surface area (Å²) in [4.78, 5) is 0. The highest BCUT2D eigenvalue weighted by atomic mass is 32.1. The normalized spacial score (nSPS) is 11.2. The second kappa shape index (κ2) is 5.98. The van der Waals surface area contributed by atoms with Crippen molar-refractivity contribution in [1.29, 1.82) is 0 Å². The summed E-state index contributed by atoms with van der Waals surface area (Å²) in [6.07, 6.45) is 0.980. The van der Waals surface area contributed by atoms with Crippen LogP contribution in [0.5, 0.6) is 0 Å². The Labute approximate surface area is 106 Å². The van der Waals surface area contributed by atoms with E-state index in [4.69, 9.17) is 4.52 Å². The van der Waals surface area contributed by atoms with Gasteiger partial charge in [-0.1, -0.05) is 19.0 Å². The predicted octanol–water partition coefficient (Wildman–Crippen LogP) is 3.22. The van der Waals surface area contributed by atoms with Crippen LogP contribution in [0.3, 0.4) is 0 Å². The van der Waals surface area contributed by atoms with Gasteiger partial charge in [-0.15, -0.1) is 0 Å². The van der Waals surface area contributed by atoms with E-state index in [1.807, 2.05) is 6.07 Å². The first-order chi connectivity index (χ1) is 8.24. The van der Waals surface area contributed by atoms with E-state index < -0.39 is 0 Å². The van der Waals surface area contributed by atoms with Crippen LogP contribution < -0.4 is 5.32 Å². The lowest BCUT2D eigenvalue weighted by atomic mass is 10.1. The minimum atomic E-state index is 0.617. The van der Waals surface area contributed by atoms with E-state index in [0.29, 0.717) is 5.92 Å². The maximum Gasteiger partial charge on any atom is 0.150 e. The molecule has 2 aromatic heterocycles. The summed E-state index contributed by atoms with van der Waals surface area (Å²) in [5.41, 5.74) is 2.37. The highest BCUT2D eigenvalue weighted by molar-refractivity contribution is 7.07. The van der Waals surface area contributed by atoms with Crippen LogP contribution in [0, 0.1) is 5.92 Å². The molecule has 92 valence electrons. The molecular formula is C13H18N2OS. The monoisotopic (exact) mass is 250 g/mol. The van der Waals surface area contributed by atoms with Gasteiger partial charge in [0.2, 0.25) is 0 Å². The zero-order valence-corrected chi connectivity index (χ0v) is 11.1. The zero-order valence-electron chi connectivity index (χ0n) is 10.3. The summed E-state index contributed by atoms with van der Waals surface area (Å²) in [6.45, 7) is 5.98. The maximum absolute atomic E-state index is 5.28. The average Bonchev–Trinajstić information content (AvgIpc) is 2.89.